The van der Waals surface area contributed by atoms with Crippen molar-refractivity contribution in [1.82, 2.24) is 4.72 Å². The minimum Gasteiger partial charge on any atom is -0.258 e. The molecule has 128 valence electrons. The van der Waals surface area contributed by atoms with Gasteiger partial charge in [-0.2, -0.15) is 0 Å². The number of nitro groups is 1. The van der Waals surface area contributed by atoms with E-state index in [-0.39, 0.29) is 16.6 Å². The molecule has 0 saturated heterocycles. The molecule has 2 rings (SSSR count). The molecule has 0 unspecified atom stereocenters. The first-order valence-corrected chi connectivity index (χ1v) is 9.09. The Labute approximate surface area is 141 Å². The van der Waals surface area contributed by atoms with E-state index in [1.165, 1.54) is 24.3 Å². The zero-order chi connectivity index (χ0) is 17.7. The van der Waals surface area contributed by atoms with Crippen molar-refractivity contribution in [3.05, 3.63) is 70.3 Å². The Kier molecular flexibility index (Phi) is 5.69. The molecular weight excluding hydrogens is 328 g/mol. The van der Waals surface area contributed by atoms with Crippen LogP contribution >= 0.6 is 0 Å². The average molecular weight is 348 g/mol. The summed E-state index contributed by atoms with van der Waals surface area (Å²) in [5.41, 5.74) is 0.743. The standard InChI is InChI=1S/C17H20N2O4S/c1-13(2)12-17(14-6-4-3-5-7-14)18-24(22,23)16-10-8-15(9-11-16)19(20)21/h3-11,13,17-18H,12H2,1-2H3/t17-/m0/s1. The highest BCUT2D eigenvalue weighted by Crippen LogP contribution is 2.24. The van der Waals surface area contributed by atoms with E-state index in [4.69, 9.17) is 0 Å². The normalized spacial score (nSPS) is 13.0. The van der Waals surface area contributed by atoms with Crippen molar-refractivity contribution in [3.63, 3.8) is 0 Å². The zero-order valence-electron chi connectivity index (χ0n) is 13.5. The molecule has 1 atom stereocenters. The lowest BCUT2D eigenvalue weighted by Gasteiger charge is -2.21. The fourth-order valence-corrected chi connectivity index (χ4v) is 3.65. The molecule has 0 amide bonds. The summed E-state index contributed by atoms with van der Waals surface area (Å²) in [6, 6.07) is 13.9. The van der Waals surface area contributed by atoms with Crippen LogP contribution in [-0.4, -0.2) is 13.3 Å². The third-order valence-corrected chi connectivity index (χ3v) is 5.05. The van der Waals surface area contributed by atoms with E-state index in [0.29, 0.717) is 12.3 Å². The number of sulfonamides is 1. The van der Waals surface area contributed by atoms with Gasteiger partial charge in [0, 0.05) is 18.2 Å². The molecule has 2 aromatic rings. The number of hydrogen-bond donors (Lipinski definition) is 1. The Morgan fingerprint density at radius 1 is 1.04 bits per heavy atom. The zero-order valence-corrected chi connectivity index (χ0v) is 14.4. The lowest BCUT2D eigenvalue weighted by atomic mass is 9.98. The highest BCUT2D eigenvalue weighted by atomic mass is 32.2. The van der Waals surface area contributed by atoms with Crippen molar-refractivity contribution in [3.8, 4) is 0 Å². The first-order valence-electron chi connectivity index (χ1n) is 7.61. The molecule has 0 aliphatic heterocycles. The minimum atomic E-state index is -3.77. The third-order valence-electron chi connectivity index (χ3n) is 3.56. The first kappa shape index (κ1) is 18.1. The molecule has 6 nitrogen and oxygen atoms in total. The Morgan fingerprint density at radius 3 is 2.12 bits per heavy atom. The molecule has 1 N–H and O–H groups in total. The number of hydrogen-bond acceptors (Lipinski definition) is 4. The van der Waals surface area contributed by atoms with Gasteiger partial charge in [-0.25, -0.2) is 13.1 Å². The van der Waals surface area contributed by atoms with Gasteiger partial charge >= 0.3 is 0 Å². The van der Waals surface area contributed by atoms with Crippen LogP contribution in [0.3, 0.4) is 0 Å². The molecule has 0 spiro atoms. The maximum Gasteiger partial charge on any atom is 0.269 e. The molecule has 0 aliphatic rings. The predicted molar refractivity (Wildman–Crippen MR) is 92.1 cm³/mol. The number of nitrogens with one attached hydrogen (secondary N) is 1. The van der Waals surface area contributed by atoms with E-state index in [2.05, 4.69) is 4.72 Å². The SMILES string of the molecule is CC(C)C[C@H](NS(=O)(=O)c1ccc([N+](=O)[O-])cc1)c1ccccc1. The van der Waals surface area contributed by atoms with Crippen molar-refractivity contribution in [2.75, 3.05) is 0 Å². The van der Waals surface area contributed by atoms with Gasteiger partial charge in [0.1, 0.15) is 0 Å². The monoisotopic (exact) mass is 348 g/mol. The van der Waals surface area contributed by atoms with Crippen LogP contribution in [0.25, 0.3) is 0 Å². The van der Waals surface area contributed by atoms with E-state index < -0.39 is 14.9 Å². The molecule has 24 heavy (non-hydrogen) atoms. The molecule has 0 aromatic heterocycles. The summed E-state index contributed by atoms with van der Waals surface area (Å²) in [6.07, 6.45) is 0.649. The van der Waals surface area contributed by atoms with Crippen LogP contribution in [0.2, 0.25) is 0 Å². The molecular formula is C17H20N2O4S. The van der Waals surface area contributed by atoms with Crippen molar-refractivity contribution in [1.29, 1.82) is 0 Å². The van der Waals surface area contributed by atoms with Gasteiger partial charge in [0.15, 0.2) is 0 Å². The fraction of sp³-hybridized carbons (Fsp3) is 0.294. The second-order valence-corrected chi connectivity index (χ2v) is 7.68. The van der Waals surface area contributed by atoms with Gasteiger partial charge in [0.25, 0.3) is 5.69 Å². The molecule has 0 saturated carbocycles. The maximum atomic E-state index is 12.6. The number of benzene rings is 2. The van der Waals surface area contributed by atoms with Crippen LogP contribution in [0.5, 0.6) is 0 Å². The van der Waals surface area contributed by atoms with E-state index in [9.17, 15) is 18.5 Å². The lowest BCUT2D eigenvalue weighted by molar-refractivity contribution is -0.384. The fourth-order valence-electron chi connectivity index (χ4n) is 2.41. The largest absolute Gasteiger partial charge is 0.269 e. The van der Waals surface area contributed by atoms with Crippen molar-refractivity contribution in [2.24, 2.45) is 5.92 Å². The van der Waals surface area contributed by atoms with Crippen molar-refractivity contribution >= 4 is 15.7 Å². The predicted octanol–water partition coefficient (Wildman–Crippen LogP) is 3.66. The van der Waals surface area contributed by atoms with Crippen molar-refractivity contribution in [2.45, 2.75) is 31.2 Å². The second-order valence-electron chi connectivity index (χ2n) is 5.97. The van der Waals surface area contributed by atoms with Crippen LogP contribution in [0, 0.1) is 16.0 Å². The second kappa shape index (κ2) is 7.55. The summed E-state index contributed by atoms with van der Waals surface area (Å²) in [5.74, 6) is 0.301. The van der Waals surface area contributed by atoms with Crippen LogP contribution in [-0.2, 0) is 10.0 Å². The van der Waals surface area contributed by atoms with Gasteiger partial charge in [0.2, 0.25) is 10.0 Å². The quantitative estimate of drug-likeness (QED) is 0.611. The van der Waals surface area contributed by atoms with E-state index in [1.54, 1.807) is 0 Å². The molecule has 0 fully saturated rings. The molecule has 0 bridgehead atoms. The lowest BCUT2D eigenvalue weighted by Crippen LogP contribution is -2.29. The summed E-state index contributed by atoms with van der Waals surface area (Å²) in [6.45, 7) is 4.05. The van der Waals surface area contributed by atoms with Gasteiger partial charge in [-0.05, 0) is 30.0 Å². The van der Waals surface area contributed by atoms with Crippen molar-refractivity contribution < 1.29 is 13.3 Å². The van der Waals surface area contributed by atoms with Gasteiger partial charge in [0.05, 0.1) is 9.82 Å². The number of rotatable bonds is 7. The van der Waals surface area contributed by atoms with E-state index >= 15 is 0 Å². The Balaban J connectivity index is 2.28. The summed E-state index contributed by atoms with van der Waals surface area (Å²) >= 11 is 0. The summed E-state index contributed by atoms with van der Waals surface area (Å²) < 4.78 is 27.9. The van der Waals surface area contributed by atoms with Gasteiger partial charge < -0.3 is 0 Å². The van der Waals surface area contributed by atoms with Gasteiger partial charge in [-0.15, -0.1) is 0 Å². The highest BCUT2D eigenvalue weighted by molar-refractivity contribution is 7.89. The van der Waals surface area contributed by atoms with E-state index in [0.717, 1.165) is 5.56 Å². The highest BCUT2D eigenvalue weighted by Gasteiger charge is 2.22. The summed E-state index contributed by atoms with van der Waals surface area (Å²) in [5, 5.41) is 10.7. The van der Waals surface area contributed by atoms with Crippen LogP contribution in [0.4, 0.5) is 5.69 Å². The summed E-state index contributed by atoms with van der Waals surface area (Å²) in [7, 11) is -3.77. The summed E-state index contributed by atoms with van der Waals surface area (Å²) in [4.78, 5) is 10.1. The van der Waals surface area contributed by atoms with Crippen LogP contribution in [0.15, 0.2) is 59.5 Å². The Bertz CT molecular complexity index is 787. The molecule has 0 heterocycles. The number of non-ortho nitro benzene ring substituents is 1. The van der Waals surface area contributed by atoms with Crippen LogP contribution in [0.1, 0.15) is 31.9 Å². The third kappa shape index (κ3) is 4.62. The van der Waals surface area contributed by atoms with Gasteiger partial charge in [-0.3, -0.25) is 10.1 Å². The van der Waals surface area contributed by atoms with Crippen LogP contribution < -0.4 is 4.72 Å². The number of nitrogens with zero attached hydrogens (tertiary/aromatic N) is 1. The molecule has 7 heteroatoms. The smallest absolute Gasteiger partial charge is 0.258 e. The Morgan fingerprint density at radius 2 is 1.62 bits per heavy atom. The number of nitro benzene ring substituents is 1. The molecule has 0 radical (unpaired) electrons. The Hall–Kier alpha value is -2.25. The average Bonchev–Trinajstić information content (AvgIpc) is 2.54. The van der Waals surface area contributed by atoms with Gasteiger partial charge in [-0.1, -0.05) is 44.2 Å². The topological polar surface area (TPSA) is 89.3 Å². The maximum absolute atomic E-state index is 12.6. The van der Waals surface area contributed by atoms with E-state index in [1.807, 2.05) is 44.2 Å². The molecule has 2 aromatic carbocycles. The molecule has 0 aliphatic carbocycles. The first-order chi connectivity index (χ1) is 11.3. The minimum absolute atomic E-state index is 0.0118.